The number of amides is 1. The monoisotopic (exact) mass is 463 g/mol. The van der Waals surface area contributed by atoms with Crippen molar-refractivity contribution < 1.29 is 14.3 Å². The maximum atomic E-state index is 12.8. The first-order chi connectivity index (χ1) is 16.1. The van der Waals surface area contributed by atoms with Gasteiger partial charge in [-0.05, 0) is 61.4 Å². The number of carbonyl (C=O) groups excluding carboxylic acids is 1. The molecular weight excluding hydrogens is 434 g/mol. The first-order valence-electron chi connectivity index (χ1n) is 11.4. The third kappa shape index (κ3) is 6.15. The third-order valence-electron chi connectivity index (χ3n) is 5.63. The lowest BCUT2D eigenvalue weighted by Gasteiger charge is -2.11. The van der Waals surface area contributed by atoms with Crippen LogP contribution < -0.4 is 14.8 Å². The molecule has 3 rings (SSSR count). The van der Waals surface area contributed by atoms with Crippen molar-refractivity contribution in [3.8, 4) is 23.6 Å². The highest BCUT2D eigenvalue weighted by molar-refractivity contribution is 7.16. The molecule has 1 heterocycles. The Balaban J connectivity index is 1.74. The van der Waals surface area contributed by atoms with Crippen molar-refractivity contribution in [1.82, 2.24) is 0 Å². The summed E-state index contributed by atoms with van der Waals surface area (Å²) in [6.07, 6.45) is 9.91. The predicted molar refractivity (Wildman–Crippen MR) is 131 cm³/mol. The summed E-state index contributed by atoms with van der Waals surface area (Å²) in [6, 6.07) is 9.53. The number of anilines is 1. The zero-order valence-corrected chi connectivity index (χ0v) is 20.0. The van der Waals surface area contributed by atoms with Gasteiger partial charge in [-0.3, -0.25) is 4.79 Å². The van der Waals surface area contributed by atoms with Crippen LogP contribution in [0.25, 0.3) is 6.08 Å². The van der Waals surface area contributed by atoms with Gasteiger partial charge >= 0.3 is 0 Å². The minimum absolute atomic E-state index is 0.0412. The molecule has 1 aromatic heterocycles. The molecule has 0 atom stereocenters. The lowest BCUT2D eigenvalue weighted by atomic mass is 9.96. The molecular formula is C26H29N3O3S. The van der Waals surface area contributed by atoms with Crippen LogP contribution in [0.4, 0.5) is 5.00 Å². The Hall–Kier alpha value is -3.29. The van der Waals surface area contributed by atoms with Gasteiger partial charge in [0.1, 0.15) is 22.7 Å². The highest BCUT2D eigenvalue weighted by atomic mass is 32.1. The molecule has 1 aromatic carbocycles. The Kier molecular flexibility index (Phi) is 8.92. The molecule has 0 saturated heterocycles. The number of nitrogens with one attached hydrogen (secondary N) is 1. The Morgan fingerprint density at radius 1 is 1.18 bits per heavy atom. The van der Waals surface area contributed by atoms with Gasteiger partial charge in [-0.1, -0.05) is 32.3 Å². The normalized spacial score (nSPS) is 12.9. The topological polar surface area (TPSA) is 95.1 Å². The van der Waals surface area contributed by atoms with E-state index < -0.39 is 5.91 Å². The van der Waals surface area contributed by atoms with E-state index in [0.717, 1.165) is 49.0 Å². The highest BCUT2D eigenvalue weighted by Crippen LogP contribution is 2.38. The van der Waals surface area contributed by atoms with Gasteiger partial charge in [0.15, 0.2) is 11.5 Å². The van der Waals surface area contributed by atoms with E-state index in [1.54, 1.807) is 25.3 Å². The van der Waals surface area contributed by atoms with E-state index in [1.807, 2.05) is 6.07 Å². The van der Waals surface area contributed by atoms with Gasteiger partial charge in [0.2, 0.25) is 0 Å². The molecule has 0 aliphatic heterocycles. The predicted octanol–water partition coefficient (Wildman–Crippen LogP) is 6.01. The van der Waals surface area contributed by atoms with E-state index in [0.29, 0.717) is 34.2 Å². The number of benzene rings is 1. The van der Waals surface area contributed by atoms with E-state index in [4.69, 9.17) is 9.47 Å². The van der Waals surface area contributed by atoms with Crippen LogP contribution in [0.15, 0.2) is 23.8 Å². The molecule has 33 heavy (non-hydrogen) atoms. The second-order valence-corrected chi connectivity index (χ2v) is 9.08. The zero-order valence-electron chi connectivity index (χ0n) is 19.2. The number of hydrogen-bond acceptors (Lipinski definition) is 6. The van der Waals surface area contributed by atoms with Gasteiger partial charge in [-0.25, -0.2) is 0 Å². The van der Waals surface area contributed by atoms with Gasteiger partial charge < -0.3 is 14.8 Å². The van der Waals surface area contributed by atoms with Gasteiger partial charge in [0.05, 0.1) is 19.3 Å². The van der Waals surface area contributed by atoms with Crippen LogP contribution in [0.2, 0.25) is 0 Å². The van der Waals surface area contributed by atoms with Crippen molar-refractivity contribution >= 4 is 28.3 Å². The van der Waals surface area contributed by atoms with Crippen molar-refractivity contribution in [3.63, 3.8) is 0 Å². The lowest BCUT2D eigenvalue weighted by Crippen LogP contribution is -2.13. The summed E-state index contributed by atoms with van der Waals surface area (Å²) in [7, 11) is 1.56. The van der Waals surface area contributed by atoms with Gasteiger partial charge in [-0.2, -0.15) is 10.5 Å². The number of fused-ring (bicyclic) bond motifs is 1. The lowest BCUT2D eigenvalue weighted by molar-refractivity contribution is -0.112. The third-order valence-corrected chi connectivity index (χ3v) is 6.84. The molecule has 0 saturated carbocycles. The smallest absolute Gasteiger partial charge is 0.266 e. The SMILES string of the molecule is CCCCCCOc1ccc(C=C(C#N)C(=O)Nc2sc3c(c2C#N)CCCC3)cc1OC. The molecule has 1 amide bonds. The summed E-state index contributed by atoms with van der Waals surface area (Å²) in [5, 5.41) is 22.5. The van der Waals surface area contributed by atoms with E-state index in [-0.39, 0.29) is 5.57 Å². The number of aryl methyl sites for hydroxylation is 1. The minimum atomic E-state index is -0.525. The van der Waals surface area contributed by atoms with Gasteiger partial charge in [0, 0.05) is 4.88 Å². The van der Waals surface area contributed by atoms with E-state index in [2.05, 4.69) is 18.3 Å². The van der Waals surface area contributed by atoms with Crippen molar-refractivity contribution in [2.75, 3.05) is 19.0 Å². The number of rotatable bonds is 10. The largest absolute Gasteiger partial charge is 0.493 e. The summed E-state index contributed by atoms with van der Waals surface area (Å²) < 4.78 is 11.3. The highest BCUT2D eigenvalue weighted by Gasteiger charge is 2.22. The van der Waals surface area contributed by atoms with Crippen LogP contribution in [0.5, 0.6) is 11.5 Å². The van der Waals surface area contributed by atoms with E-state index in [9.17, 15) is 15.3 Å². The second-order valence-electron chi connectivity index (χ2n) is 7.97. The van der Waals surface area contributed by atoms with Crippen LogP contribution in [0.3, 0.4) is 0 Å². The number of carbonyl (C=O) groups is 1. The molecule has 1 aliphatic carbocycles. The average Bonchev–Trinajstić information content (AvgIpc) is 3.19. The summed E-state index contributed by atoms with van der Waals surface area (Å²) >= 11 is 1.44. The fourth-order valence-electron chi connectivity index (χ4n) is 3.86. The van der Waals surface area contributed by atoms with Crippen molar-refractivity contribution in [1.29, 1.82) is 10.5 Å². The average molecular weight is 464 g/mol. The fraction of sp³-hybridized carbons (Fsp3) is 0.423. The first-order valence-corrected chi connectivity index (χ1v) is 12.2. The molecule has 172 valence electrons. The summed E-state index contributed by atoms with van der Waals surface area (Å²) in [5.74, 6) is 0.661. The molecule has 0 unspecified atom stereocenters. The van der Waals surface area contributed by atoms with Crippen LogP contribution in [0, 0.1) is 22.7 Å². The van der Waals surface area contributed by atoms with Gasteiger partial charge in [-0.15, -0.1) is 11.3 Å². The zero-order chi connectivity index (χ0) is 23.6. The molecule has 2 aromatic rings. The van der Waals surface area contributed by atoms with Crippen LogP contribution in [-0.2, 0) is 17.6 Å². The first kappa shape index (κ1) is 24.4. The molecule has 0 bridgehead atoms. The molecule has 1 N–H and O–H groups in total. The fourth-order valence-corrected chi connectivity index (χ4v) is 5.10. The second kappa shape index (κ2) is 12.1. The molecule has 0 spiro atoms. The maximum Gasteiger partial charge on any atom is 0.266 e. The van der Waals surface area contributed by atoms with Crippen molar-refractivity contribution in [2.45, 2.75) is 58.3 Å². The number of nitrogens with zero attached hydrogens (tertiary/aromatic N) is 2. The Morgan fingerprint density at radius 3 is 2.73 bits per heavy atom. The standard InChI is InChI=1S/C26H29N3O3S/c1-3-4-5-8-13-32-22-12-11-18(15-23(22)31-2)14-19(16-27)25(30)29-26-21(17-28)20-9-6-7-10-24(20)33-26/h11-12,14-15H,3-10,13H2,1-2H3,(H,29,30). The molecule has 0 radical (unpaired) electrons. The number of methoxy groups -OCH3 is 1. The van der Waals surface area contributed by atoms with Crippen LogP contribution in [0.1, 0.15) is 67.0 Å². The summed E-state index contributed by atoms with van der Waals surface area (Å²) in [6.45, 7) is 2.78. The molecule has 6 nitrogen and oxygen atoms in total. The Bertz CT molecular complexity index is 1110. The number of ether oxygens (including phenoxy) is 2. The number of nitriles is 2. The Labute approximate surface area is 199 Å². The summed E-state index contributed by atoms with van der Waals surface area (Å²) in [4.78, 5) is 14.0. The number of thiophene rings is 1. The Morgan fingerprint density at radius 2 is 2.00 bits per heavy atom. The van der Waals surface area contributed by atoms with Crippen LogP contribution in [-0.4, -0.2) is 19.6 Å². The number of hydrogen-bond donors (Lipinski definition) is 1. The molecule has 0 fully saturated rings. The van der Waals surface area contributed by atoms with Crippen LogP contribution >= 0.6 is 11.3 Å². The quantitative estimate of drug-likeness (QED) is 0.264. The molecule has 7 heteroatoms. The minimum Gasteiger partial charge on any atom is -0.493 e. The van der Waals surface area contributed by atoms with E-state index in [1.165, 1.54) is 30.3 Å². The van der Waals surface area contributed by atoms with Gasteiger partial charge in [0.25, 0.3) is 5.91 Å². The van der Waals surface area contributed by atoms with Crippen molar-refractivity contribution in [2.24, 2.45) is 0 Å². The van der Waals surface area contributed by atoms with E-state index >= 15 is 0 Å². The maximum absolute atomic E-state index is 12.8. The number of unbranched alkanes of at least 4 members (excludes halogenated alkanes) is 3. The van der Waals surface area contributed by atoms with Crippen molar-refractivity contribution in [3.05, 3.63) is 45.3 Å². The molecule has 1 aliphatic rings. The summed E-state index contributed by atoms with van der Waals surface area (Å²) in [5.41, 5.74) is 2.19.